The van der Waals surface area contributed by atoms with Crippen LogP contribution >= 0.6 is 0 Å². The highest BCUT2D eigenvalue weighted by Crippen LogP contribution is 2.63. The van der Waals surface area contributed by atoms with Crippen LogP contribution in [0, 0.1) is 17.3 Å². The zero-order valence-corrected chi connectivity index (χ0v) is 20.0. The van der Waals surface area contributed by atoms with Gasteiger partial charge in [0.05, 0.1) is 17.2 Å². The van der Waals surface area contributed by atoms with Gasteiger partial charge in [-0.2, -0.15) is 4.98 Å². The smallest absolute Gasteiger partial charge is 0.324 e. The Morgan fingerprint density at radius 3 is 2.52 bits per heavy atom. The molecular formula is C24H28N4O4S. The van der Waals surface area contributed by atoms with Crippen LogP contribution in [0.5, 0.6) is 5.75 Å². The van der Waals surface area contributed by atoms with Gasteiger partial charge in [-0.1, -0.05) is 25.9 Å². The molecule has 0 bridgehead atoms. The molecule has 1 saturated carbocycles. The molecule has 0 N–H and O–H groups in total. The first-order valence-electron chi connectivity index (χ1n) is 11.1. The number of aromatic nitrogens is 3. The number of anilines is 1. The number of pyridine rings is 1. The zero-order chi connectivity index (χ0) is 23.4. The molecular weight excluding hydrogens is 440 g/mol. The van der Waals surface area contributed by atoms with E-state index < -0.39 is 9.84 Å². The van der Waals surface area contributed by atoms with E-state index in [0.29, 0.717) is 24.5 Å². The summed E-state index contributed by atoms with van der Waals surface area (Å²) in [5.41, 5.74) is 1.84. The Hall–Kier alpha value is -2.94. The van der Waals surface area contributed by atoms with E-state index in [4.69, 9.17) is 9.26 Å². The summed E-state index contributed by atoms with van der Waals surface area (Å²) in [6.45, 7) is 8.92. The number of rotatable bonds is 7. The fourth-order valence-corrected chi connectivity index (χ4v) is 5.33. The standard InChI is InChI=1S/C24H28N4O4S/c1-15(2)22-26-23(32-27-22)28-12-19-20(24(19,3)14-28)13-31-17-7-5-16(6-8-17)21-10-9-18(11-25-21)33(4,29)30/h5-11,15,19-20H,12-14H2,1-4H3. The van der Waals surface area contributed by atoms with Gasteiger partial charge in [0.2, 0.25) is 0 Å². The quantitative estimate of drug-likeness (QED) is 0.516. The van der Waals surface area contributed by atoms with Crippen LogP contribution < -0.4 is 9.64 Å². The Bertz CT molecular complexity index is 1250. The highest BCUT2D eigenvalue weighted by atomic mass is 32.2. The van der Waals surface area contributed by atoms with Crippen LogP contribution in [-0.4, -0.2) is 49.5 Å². The molecule has 174 valence electrons. The van der Waals surface area contributed by atoms with Gasteiger partial charge in [-0.3, -0.25) is 4.98 Å². The van der Waals surface area contributed by atoms with Crippen molar-refractivity contribution in [2.24, 2.45) is 17.3 Å². The van der Waals surface area contributed by atoms with Gasteiger partial charge >= 0.3 is 6.01 Å². The van der Waals surface area contributed by atoms with Crippen LogP contribution in [0.2, 0.25) is 0 Å². The van der Waals surface area contributed by atoms with Crippen molar-refractivity contribution in [2.45, 2.75) is 31.6 Å². The predicted molar refractivity (Wildman–Crippen MR) is 124 cm³/mol. The minimum Gasteiger partial charge on any atom is -0.493 e. The lowest BCUT2D eigenvalue weighted by Gasteiger charge is -2.20. The maximum atomic E-state index is 11.6. The summed E-state index contributed by atoms with van der Waals surface area (Å²) in [6, 6.07) is 11.7. The molecule has 0 amide bonds. The van der Waals surface area contributed by atoms with Gasteiger partial charge in [-0.05, 0) is 47.7 Å². The van der Waals surface area contributed by atoms with Crippen molar-refractivity contribution in [3.63, 3.8) is 0 Å². The van der Waals surface area contributed by atoms with Crippen LogP contribution in [0.1, 0.15) is 32.5 Å². The largest absolute Gasteiger partial charge is 0.493 e. The predicted octanol–water partition coefficient (Wildman–Crippen LogP) is 3.81. The van der Waals surface area contributed by atoms with Crippen LogP contribution in [0.25, 0.3) is 11.3 Å². The first-order valence-corrected chi connectivity index (χ1v) is 13.0. The molecule has 1 saturated heterocycles. The van der Waals surface area contributed by atoms with Crippen molar-refractivity contribution in [3.8, 4) is 17.0 Å². The van der Waals surface area contributed by atoms with E-state index in [1.165, 1.54) is 12.5 Å². The molecule has 2 aliphatic rings. The molecule has 33 heavy (non-hydrogen) atoms. The molecule has 5 rings (SSSR count). The van der Waals surface area contributed by atoms with Crippen molar-refractivity contribution < 1.29 is 17.7 Å². The Kier molecular flexibility index (Phi) is 5.19. The van der Waals surface area contributed by atoms with Gasteiger partial charge in [0.15, 0.2) is 15.7 Å². The molecule has 9 heteroatoms. The summed E-state index contributed by atoms with van der Waals surface area (Å²) in [6.07, 6.45) is 2.57. The Morgan fingerprint density at radius 2 is 1.97 bits per heavy atom. The van der Waals surface area contributed by atoms with E-state index in [2.05, 4.69) is 40.8 Å². The molecule has 2 aromatic heterocycles. The minimum atomic E-state index is -3.25. The normalized spacial score (nSPS) is 24.2. The molecule has 1 aliphatic heterocycles. The average molecular weight is 469 g/mol. The van der Waals surface area contributed by atoms with E-state index >= 15 is 0 Å². The van der Waals surface area contributed by atoms with Crippen LogP contribution in [0.4, 0.5) is 6.01 Å². The zero-order valence-electron chi connectivity index (χ0n) is 19.2. The number of sulfone groups is 1. The van der Waals surface area contributed by atoms with Gasteiger partial charge < -0.3 is 14.2 Å². The Morgan fingerprint density at radius 1 is 1.21 bits per heavy atom. The van der Waals surface area contributed by atoms with Crippen molar-refractivity contribution in [1.29, 1.82) is 0 Å². The topological polar surface area (TPSA) is 98.4 Å². The molecule has 8 nitrogen and oxygen atoms in total. The lowest BCUT2D eigenvalue weighted by atomic mass is 10.1. The molecule has 3 unspecified atom stereocenters. The van der Waals surface area contributed by atoms with E-state index in [-0.39, 0.29) is 16.2 Å². The number of fused-ring (bicyclic) bond motifs is 1. The Balaban J connectivity index is 1.16. The fourth-order valence-electron chi connectivity index (χ4n) is 4.77. The van der Waals surface area contributed by atoms with E-state index in [1.807, 2.05) is 24.3 Å². The first kappa shape index (κ1) is 21.9. The van der Waals surface area contributed by atoms with Gasteiger partial charge in [-0.15, -0.1) is 0 Å². The highest BCUT2D eigenvalue weighted by molar-refractivity contribution is 7.90. The molecule has 2 fully saturated rings. The van der Waals surface area contributed by atoms with Crippen LogP contribution in [0.15, 0.2) is 52.0 Å². The van der Waals surface area contributed by atoms with Crippen molar-refractivity contribution in [2.75, 3.05) is 30.9 Å². The second-order valence-electron chi connectivity index (χ2n) is 9.68. The number of ether oxygens (including phenoxy) is 1. The number of hydrogen-bond donors (Lipinski definition) is 0. The summed E-state index contributed by atoms with van der Waals surface area (Å²) >= 11 is 0. The second-order valence-corrected chi connectivity index (χ2v) is 11.7. The van der Waals surface area contributed by atoms with Gasteiger partial charge in [0.25, 0.3) is 0 Å². The third-order valence-electron chi connectivity index (χ3n) is 6.98. The molecule has 3 heterocycles. The van der Waals surface area contributed by atoms with Crippen molar-refractivity contribution >= 4 is 15.9 Å². The minimum absolute atomic E-state index is 0.206. The molecule has 0 spiro atoms. The Labute approximate surface area is 193 Å². The van der Waals surface area contributed by atoms with Crippen LogP contribution in [-0.2, 0) is 9.84 Å². The maximum absolute atomic E-state index is 11.6. The van der Waals surface area contributed by atoms with E-state index in [9.17, 15) is 8.42 Å². The fraction of sp³-hybridized carbons (Fsp3) is 0.458. The van der Waals surface area contributed by atoms with Gasteiger partial charge in [0, 0.05) is 42.9 Å². The number of nitrogens with zero attached hydrogens (tertiary/aromatic N) is 4. The van der Waals surface area contributed by atoms with Crippen molar-refractivity contribution in [1.82, 2.24) is 15.1 Å². The van der Waals surface area contributed by atoms with Crippen LogP contribution in [0.3, 0.4) is 0 Å². The molecule has 3 aromatic rings. The van der Waals surface area contributed by atoms with E-state index in [1.54, 1.807) is 12.1 Å². The number of hydrogen-bond acceptors (Lipinski definition) is 8. The van der Waals surface area contributed by atoms with E-state index in [0.717, 1.165) is 35.9 Å². The molecule has 3 atom stereocenters. The number of benzene rings is 1. The first-order chi connectivity index (χ1) is 15.6. The summed E-state index contributed by atoms with van der Waals surface area (Å²) in [7, 11) is -3.25. The van der Waals surface area contributed by atoms with Gasteiger partial charge in [-0.25, -0.2) is 8.42 Å². The third-order valence-corrected chi connectivity index (χ3v) is 8.08. The summed E-state index contributed by atoms with van der Waals surface area (Å²) < 4.78 is 34.7. The summed E-state index contributed by atoms with van der Waals surface area (Å²) in [5, 5.41) is 4.08. The summed E-state index contributed by atoms with van der Waals surface area (Å²) in [4.78, 5) is 11.2. The SMILES string of the molecule is CC(C)c1noc(N2CC3C(COc4ccc(-c5ccc(S(C)(=O)=O)cn5)cc4)C3(C)C2)n1. The maximum Gasteiger partial charge on any atom is 0.324 e. The average Bonchev–Trinajstić information content (AvgIpc) is 3.15. The second kappa shape index (κ2) is 7.83. The molecule has 1 aromatic carbocycles. The number of piperidine rings is 1. The van der Waals surface area contributed by atoms with Gasteiger partial charge in [0.1, 0.15) is 5.75 Å². The molecule has 0 radical (unpaired) electrons. The third kappa shape index (κ3) is 4.10. The lowest BCUT2D eigenvalue weighted by Crippen LogP contribution is -2.28. The summed E-state index contributed by atoms with van der Waals surface area (Å²) in [5.74, 6) is 2.89. The molecule has 1 aliphatic carbocycles. The highest BCUT2D eigenvalue weighted by Gasteiger charge is 2.66. The lowest BCUT2D eigenvalue weighted by molar-refractivity contribution is 0.268. The van der Waals surface area contributed by atoms with Crippen molar-refractivity contribution in [3.05, 3.63) is 48.4 Å². The monoisotopic (exact) mass is 468 g/mol.